The van der Waals surface area contributed by atoms with Crippen molar-refractivity contribution < 1.29 is 23.5 Å². The summed E-state index contributed by atoms with van der Waals surface area (Å²) in [5, 5.41) is 0.616. The second-order valence-electron chi connectivity index (χ2n) is 8.43. The van der Waals surface area contributed by atoms with Gasteiger partial charge < -0.3 is 13.9 Å². The fourth-order valence-corrected chi connectivity index (χ4v) is 4.28. The normalized spacial score (nSPS) is 11.1. The first-order valence-electron chi connectivity index (χ1n) is 12.1. The Balaban J connectivity index is 1.39. The molecule has 1 aromatic heterocycles. The SMILES string of the molecule is CCOc1ccc2oc(-c3ccccc3)c(C(=O)Oc3ccc(/C=C/C(=O)c4ccc(Br)cc4)cc3)c2c1. The Labute approximate surface area is 228 Å². The van der Waals surface area contributed by atoms with Gasteiger partial charge in [0, 0.05) is 21.0 Å². The lowest BCUT2D eigenvalue weighted by Crippen LogP contribution is -2.09. The van der Waals surface area contributed by atoms with Crippen molar-refractivity contribution in [2.45, 2.75) is 6.92 Å². The number of fused-ring (bicyclic) bond motifs is 1. The predicted molar refractivity (Wildman–Crippen MR) is 152 cm³/mol. The number of halogens is 1. The summed E-state index contributed by atoms with van der Waals surface area (Å²) < 4.78 is 18.4. The van der Waals surface area contributed by atoms with Crippen LogP contribution in [-0.4, -0.2) is 18.4 Å². The van der Waals surface area contributed by atoms with Gasteiger partial charge in [-0.05, 0) is 73.2 Å². The van der Waals surface area contributed by atoms with Crippen molar-refractivity contribution in [3.05, 3.63) is 124 Å². The predicted octanol–water partition coefficient (Wildman–Crippen LogP) is 8.38. The van der Waals surface area contributed by atoms with Crippen molar-refractivity contribution in [3.8, 4) is 22.8 Å². The fourth-order valence-electron chi connectivity index (χ4n) is 4.02. The molecule has 5 rings (SSSR count). The number of carbonyl (C=O) groups excluding carboxylic acids is 2. The van der Waals surface area contributed by atoms with E-state index < -0.39 is 5.97 Å². The van der Waals surface area contributed by atoms with Crippen molar-refractivity contribution in [3.63, 3.8) is 0 Å². The van der Waals surface area contributed by atoms with E-state index in [1.165, 1.54) is 6.08 Å². The third-order valence-electron chi connectivity index (χ3n) is 5.86. The highest BCUT2D eigenvalue weighted by molar-refractivity contribution is 9.10. The third kappa shape index (κ3) is 5.61. The molecular weight excluding hydrogens is 544 g/mol. The van der Waals surface area contributed by atoms with E-state index >= 15 is 0 Å². The average molecular weight is 567 g/mol. The zero-order valence-electron chi connectivity index (χ0n) is 20.5. The molecule has 0 amide bonds. The van der Waals surface area contributed by atoms with E-state index in [4.69, 9.17) is 13.9 Å². The maximum Gasteiger partial charge on any atom is 0.348 e. The first-order valence-corrected chi connectivity index (χ1v) is 12.9. The number of benzene rings is 4. The van der Waals surface area contributed by atoms with Crippen LogP contribution in [0.1, 0.15) is 33.2 Å². The number of furan rings is 1. The van der Waals surface area contributed by atoms with E-state index in [-0.39, 0.29) is 5.78 Å². The lowest BCUT2D eigenvalue weighted by molar-refractivity contribution is 0.0736. The van der Waals surface area contributed by atoms with E-state index in [1.54, 1.807) is 54.6 Å². The van der Waals surface area contributed by atoms with E-state index in [0.29, 0.717) is 46.0 Å². The summed E-state index contributed by atoms with van der Waals surface area (Å²) in [6, 6.07) is 29.0. The van der Waals surface area contributed by atoms with Crippen LogP contribution in [0.2, 0.25) is 0 Å². The van der Waals surface area contributed by atoms with Crippen LogP contribution in [0.3, 0.4) is 0 Å². The van der Waals surface area contributed by atoms with Crippen molar-refractivity contribution in [1.82, 2.24) is 0 Å². The second kappa shape index (κ2) is 11.3. The number of hydrogen-bond donors (Lipinski definition) is 0. The van der Waals surface area contributed by atoms with Crippen LogP contribution in [0.5, 0.6) is 11.5 Å². The quantitative estimate of drug-likeness (QED) is 0.0816. The summed E-state index contributed by atoms with van der Waals surface area (Å²) in [4.78, 5) is 25.9. The third-order valence-corrected chi connectivity index (χ3v) is 6.39. The van der Waals surface area contributed by atoms with Gasteiger partial charge in [-0.2, -0.15) is 0 Å². The van der Waals surface area contributed by atoms with Crippen molar-refractivity contribution in [1.29, 1.82) is 0 Å². The van der Waals surface area contributed by atoms with Gasteiger partial charge in [-0.15, -0.1) is 0 Å². The molecule has 188 valence electrons. The smallest absolute Gasteiger partial charge is 0.348 e. The van der Waals surface area contributed by atoms with Crippen LogP contribution in [0.25, 0.3) is 28.4 Å². The molecule has 0 bridgehead atoms. The van der Waals surface area contributed by atoms with Gasteiger partial charge in [0.05, 0.1) is 6.61 Å². The molecule has 0 saturated heterocycles. The molecule has 1 heterocycles. The standard InChI is InChI=1S/C32H23BrO5/c1-2-36-26-17-19-29-27(20-26)30(31(38-29)23-6-4-3-5-7-23)32(35)37-25-15-8-21(9-16-25)10-18-28(34)22-11-13-24(33)14-12-22/h3-20H,2H2,1H3/b18-10+. The Hall–Kier alpha value is -4.42. The van der Waals surface area contributed by atoms with E-state index in [2.05, 4.69) is 15.9 Å². The Bertz CT molecular complexity index is 1620. The van der Waals surface area contributed by atoms with Crippen LogP contribution in [0, 0.1) is 0 Å². The van der Waals surface area contributed by atoms with Crippen molar-refractivity contribution >= 4 is 44.7 Å². The van der Waals surface area contributed by atoms with Gasteiger partial charge in [-0.3, -0.25) is 4.79 Å². The lowest BCUT2D eigenvalue weighted by Gasteiger charge is -2.07. The molecule has 0 N–H and O–H groups in total. The Morgan fingerprint density at radius 1 is 0.868 bits per heavy atom. The van der Waals surface area contributed by atoms with Gasteiger partial charge >= 0.3 is 5.97 Å². The first-order chi connectivity index (χ1) is 18.5. The number of esters is 1. The molecule has 38 heavy (non-hydrogen) atoms. The first kappa shape index (κ1) is 25.2. The molecule has 0 atom stereocenters. The van der Waals surface area contributed by atoms with Crippen LogP contribution in [0.15, 0.2) is 112 Å². The van der Waals surface area contributed by atoms with E-state index in [1.807, 2.05) is 55.5 Å². The van der Waals surface area contributed by atoms with Gasteiger partial charge in [0.15, 0.2) is 5.78 Å². The lowest BCUT2D eigenvalue weighted by atomic mass is 10.1. The number of rotatable bonds is 8. The number of hydrogen-bond acceptors (Lipinski definition) is 5. The highest BCUT2D eigenvalue weighted by Crippen LogP contribution is 2.36. The second-order valence-corrected chi connectivity index (χ2v) is 9.34. The monoisotopic (exact) mass is 566 g/mol. The summed E-state index contributed by atoms with van der Waals surface area (Å²) in [7, 11) is 0. The minimum absolute atomic E-state index is 0.0975. The largest absolute Gasteiger partial charge is 0.494 e. The topological polar surface area (TPSA) is 65.7 Å². The summed E-state index contributed by atoms with van der Waals surface area (Å²) in [5.74, 6) is 0.818. The van der Waals surface area contributed by atoms with Crippen LogP contribution < -0.4 is 9.47 Å². The van der Waals surface area contributed by atoms with Crippen LogP contribution in [0.4, 0.5) is 0 Å². The van der Waals surface area contributed by atoms with Gasteiger partial charge in [0.2, 0.25) is 0 Å². The molecule has 0 aliphatic carbocycles. The van der Waals surface area contributed by atoms with Gasteiger partial charge in [0.1, 0.15) is 28.4 Å². The summed E-state index contributed by atoms with van der Waals surface area (Å²) in [5.41, 5.74) is 3.07. The molecule has 0 aliphatic rings. The van der Waals surface area contributed by atoms with Gasteiger partial charge in [-0.25, -0.2) is 4.79 Å². The number of ether oxygens (including phenoxy) is 2. The van der Waals surface area contributed by atoms with Crippen LogP contribution >= 0.6 is 15.9 Å². The average Bonchev–Trinajstić information content (AvgIpc) is 3.33. The maximum atomic E-state index is 13.4. The fraction of sp³-hybridized carbons (Fsp3) is 0.0625. The van der Waals surface area contributed by atoms with Crippen molar-refractivity contribution in [2.24, 2.45) is 0 Å². The molecule has 4 aromatic carbocycles. The van der Waals surface area contributed by atoms with Crippen molar-refractivity contribution in [2.75, 3.05) is 6.61 Å². The molecular formula is C32H23BrO5. The number of allylic oxidation sites excluding steroid dienone is 1. The zero-order chi connectivity index (χ0) is 26.5. The summed E-state index contributed by atoms with van der Waals surface area (Å²) in [6.45, 7) is 2.41. The van der Waals surface area contributed by atoms with Gasteiger partial charge in [0.25, 0.3) is 0 Å². The highest BCUT2D eigenvalue weighted by Gasteiger charge is 2.24. The highest BCUT2D eigenvalue weighted by atomic mass is 79.9. The van der Waals surface area contributed by atoms with Gasteiger partial charge in [-0.1, -0.05) is 64.5 Å². The Kier molecular flexibility index (Phi) is 7.52. The summed E-state index contributed by atoms with van der Waals surface area (Å²) >= 11 is 3.37. The Morgan fingerprint density at radius 2 is 1.58 bits per heavy atom. The molecule has 5 nitrogen and oxygen atoms in total. The molecule has 0 spiro atoms. The Morgan fingerprint density at radius 3 is 2.29 bits per heavy atom. The molecule has 0 radical (unpaired) electrons. The molecule has 0 saturated carbocycles. The minimum Gasteiger partial charge on any atom is -0.494 e. The molecule has 0 aliphatic heterocycles. The zero-order valence-corrected chi connectivity index (χ0v) is 22.1. The molecule has 0 unspecified atom stereocenters. The van der Waals surface area contributed by atoms with E-state index in [0.717, 1.165) is 15.6 Å². The maximum absolute atomic E-state index is 13.4. The molecule has 0 fully saturated rings. The van der Waals surface area contributed by atoms with E-state index in [9.17, 15) is 9.59 Å². The number of carbonyl (C=O) groups is 2. The minimum atomic E-state index is -0.537. The summed E-state index contributed by atoms with van der Waals surface area (Å²) in [6.07, 6.45) is 3.24. The molecule has 5 aromatic rings. The number of ketones is 1. The van der Waals surface area contributed by atoms with Crippen LogP contribution in [-0.2, 0) is 0 Å². The molecule has 6 heteroatoms.